The van der Waals surface area contributed by atoms with E-state index in [9.17, 15) is 9.59 Å². The van der Waals surface area contributed by atoms with Gasteiger partial charge in [-0.2, -0.15) is 0 Å². The van der Waals surface area contributed by atoms with E-state index < -0.39 is 0 Å². The number of aromatic nitrogens is 1. The summed E-state index contributed by atoms with van der Waals surface area (Å²) in [5, 5.41) is 17.3. The zero-order valence-corrected chi connectivity index (χ0v) is 24.9. The number of aryl methyl sites for hydroxylation is 1. The van der Waals surface area contributed by atoms with Gasteiger partial charge in [-0.1, -0.05) is 32.0 Å². The highest BCUT2D eigenvalue weighted by molar-refractivity contribution is 6.02. The van der Waals surface area contributed by atoms with Crippen molar-refractivity contribution in [2.75, 3.05) is 50.5 Å². The Hall–Kier alpha value is -3.69. The average molecular weight is 563 g/mol. The van der Waals surface area contributed by atoms with Gasteiger partial charge in [0.1, 0.15) is 0 Å². The standard InChI is InChI=1S/C29H39N5O3.C3H7N/c1-4-34(3)13-12-30-25-10-6-5-8-21(25)19-31-29(36)23-17-24-26(16-20(23)2)33-28(35)18-27(24)32-22-9-7-14-37-15-11-22;1-2-3-4/h5-6,8,10,16-18,22,30H,4,7,9,11-15,19H2,1-3H3,(H,31,36)(H2,32,33,35);3-4H,2H2,1H3. The number of hydrogen-bond donors (Lipinski definition) is 5. The highest BCUT2D eigenvalue weighted by atomic mass is 16.5. The highest BCUT2D eigenvalue weighted by Crippen LogP contribution is 2.26. The van der Waals surface area contributed by atoms with E-state index in [1.807, 2.05) is 50.2 Å². The number of carbonyl (C=O) groups is 1. The molecule has 0 spiro atoms. The van der Waals surface area contributed by atoms with Gasteiger partial charge < -0.3 is 36.0 Å². The Balaban J connectivity index is 0.00000108. The number of anilines is 2. The minimum atomic E-state index is -0.161. The van der Waals surface area contributed by atoms with Crippen molar-refractivity contribution in [3.63, 3.8) is 0 Å². The van der Waals surface area contributed by atoms with E-state index in [-0.39, 0.29) is 17.5 Å². The molecule has 222 valence electrons. The van der Waals surface area contributed by atoms with Crippen molar-refractivity contribution < 1.29 is 9.53 Å². The van der Waals surface area contributed by atoms with Crippen LogP contribution in [0.5, 0.6) is 0 Å². The number of carbonyl (C=O) groups excluding carboxylic acids is 1. The maximum atomic E-state index is 13.3. The zero-order chi connectivity index (χ0) is 29.6. The average Bonchev–Trinajstić information content (AvgIpc) is 3.24. The number of H-pyrrole nitrogens is 1. The molecule has 1 aliphatic heterocycles. The third kappa shape index (κ3) is 9.72. The first kappa shape index (κ1) is 31.8. The molecule has 5 N–H and O–H groups in total. The summed E-state index contributed by atoms with van der Waals surface area (Å²) in [6.07, 6.45) is 5.09. The van der Waals surface area contributed by atoms with Crippen LogP contribution >= 0.6 is 0 Å². The molecule has 1 unspecified atom stereocenters. The molecular weight excluding hydrogens is 516 g/mol. The van der Waals surface area contributed by atoms with Gasteiger partial charge in [0.15, 0.2) is 0 Å². The van der Waals surface area contributed by atoms with E-state index in [2.05, 4.69) is 39.8 Å². The van der Waals surface area contributed by atoms with Crippen molar-refractivity contribution in [2.24, 2.45) is 0 Å². The summed E-state index contributed by atoms with van der Waals surface area (Å²) in [7, 11) is 2.10. The molecule has 4 rings (SSSR count). The Morgan fingerprint density at radius 2 is 1.93 bits per heavy atom. The smallest absolute Gasteiger partial charge is 0.251 e. The van der Waals surface area contributed by atoms with Crippen LogP contribution in [0.4, 0.5) is 11.4 Å². The van der Waals surface area contributed by atoms with Gasteiger partial charge in [-0.25, -0.2) is 0 Å². The van der Waals surface area contributed by atoms with Crippen molar-refractivity contribution in [3.05, 3.63) is 69.5 Å². The number of nitrogens with one attached hydrogen (secondary N) is 5. The normalized spacial score (nSPS) is 15.0. The monoisotopic (exact) mass is 562 g/mol. The second-order valence-electron chi connectivity index (χ2n) is 10.4. The van der Waals surface area contributed by atoms with Gasteiger partial charge in [-0.15, -0.1) is 0 Å². The fourth-order valence-electron chi connectivity index (χ4n) is 4.70. The number of rotatable bonds is 11. The zero-order valence-electron chi connectivity index (χ0n) is 24.9. The Bertz CT molecular complexity index is 1330. The van der Waals surface area contributed by atoms with Crippen molar-refractivity contribution in [1.29, 1.82) is 5.41 Å². The molecule has 1 atom stereocenters. The number of likely N-dealkylation sites (N-methyl/N-ethyl adjacent to an activating group) is 1. The number of ether oxygens (including phenoxy) is 1. The highest BCUT2D eigenvalue weighted by Gasteiger charge is 2.17. The van der Waals surface area contributed by atoms with E-state index >= 15 is 0 Å². The molecule has 3 aromatic rings. The molecule has 2 heterocycles. The lowest BCUT2D eigenvalue weighted by molar-refractivity contribution is 0.0950. The third-order valence-electron chi connectivity index (χ3n) is 7.25. The maximum Gasteiger partial charge on any atom is 0.251 e. The van der Waals surface area contributed by atoms with Crippen molar-refractivity contribution >= 4 is 34.4 Å². The lowest BCUT2D eigenvalue weighted by Crippen LogP contribution is -2.26. The van der Waals surface area contributed by atoms with Gasteiger partial charge in [-0.3, -0.25) is 9.59 Å². The molecule has 41 heavy (non-hydrogen) atoms. The Morgan fingerprint density at radius 3 is 2.68 bits per heavy atom. The van der Waals surface area contributed by atoms with Crippen LogP contribution in [-0.2, 0) is 11.3 Å². The second kappa shape index (κ2) is 16.5. The number of aromatic amines is 1. The summed E-state index contributed by atoms with van der Waals surface area (Å²) in [6, 6.07) is 13.6. The van der Waals surface area contributed by atoms with Crippen LogP contribution in [-0.4, -0.2) is 67.9 Å². The molecule has 1 amide bonds. The quantitative estimate of drug-likeness (QED) is 0.206. The number of pyridine rings is 1. The molecule has 2 aromatic carbocycles. The number of para-hydroxylation sites is 1. The fourth-order valence-corrected chi connectivity index (χ4v) is 4.70. The number of nitrogens with zero attached hydrogens (tertiary/aromatic N) is 1. The summed E-state index contributed by atoms with van der Waals surface area (Å²) in [5.41, 5.74) is 4.80. The van der Waals surface area contributed by atoms with Gasteiger partial charge in [-0.05, 0) is 81.7 Å². The van der Waals surface area contributed by atoms with Crippen LogP contribution < -0.4 is 21.5 Å². The molecule has 0 saturated carbocycles. The Labute approximate surface area is 243 Å². The van der Waals surface area contributed by atoms with E-state index in [1.54, 1.807) is 6.07 Å². The van der Waals surface area contributed by atoms with Crippen LogP contribution in [0.3, 0.4) is 0 Å². The molecule has 1 aromatic heterocycles. The van der Waals surface area contributed by atoms with Gasteiger partial charge in [0.2, 0.25) is 5.56 Å². The van der Waals surface area contributed by atoms with Gasteiger partial charge in [0.25, 0.3) is 5.91 Å². The first-order valence-electron chi connectivity index (χ1n) is 14.7. The van der Waals surface area contributed by atoms with Crippen LogP contribution in [0.15, 0.2) is 47.3 Å². The lowest BCUT2D eigenvalue weighted by Gasteiger charge is -2.19. The number of hydrogen-bond acceptors (Lipinski definition) is 7. The molecule has 1 aliphatic rings. The summed E-state index contributed by atoms with van der Waals surface area (Å²) in [5.74, 6) is -0.139. The number of amides is 1. The number of benzene rings is 2. The molecule has 0 aliphatic carbocycles. The van der Waals surface area contributed by atoms with E-state index in [0.717, 1.165) is 85.3 Å². The largest absolute Gasteiger partial charge is 0.383 e. The van der Waals surface area contributed by atoms with Crippen LogP contribution in [0.1, 0.15) is 61.0 Å². The number of fused-ring (bicyclic) bond motifs is 1. The molecule has 1 fully saturated rings. The minimum Gasteiger partial charge on any atom is -0.383 e. The first-order chi connectivity index (χ1) is 19.9. The van der Waals surface area contributed by atoms with E-state index in [4.69, 9.17) is 10.1 Å². The van der Waals surface area contributed by atoms with Crippen molar-refractivity contribution in [2.45, 2.75) is 59.0 Å². The van der Waals surface area contributed by atoms with Crippen molar-refractivity contribution in [3.8, 4) is 0 Å². The minimum absolute atomic E-state index is 0.139. The first-order valence-corrected chi connectivity index (χ1v) is 14.7. The van der Waals surface area contributed by atoms with Gasteiger partial charge in [0.05, 0.1) is 5.52 Å². The summed E-state index contributed by atoms with van der Waals surface area (Å²) in [4.78, 5) is 30.8. The summed E-state index contributed by atoms with van der Waals surface area (Å²) >= 11 is 0. The fraction of sp³-hybridized carbons (Fsp3) is 0.469. The predicted octanol–water partition coefficient (Wildman–Crippen LogP) is 5.16. The second-order valence-corrected chi connectivity index (χ2v) is 10.4. The van der Waals surface area contributed by atoms with E-state index in [1.165, 1.54) is 6.21 Å². The molecule has 9 nitrogen and oxygen atoms in total. The molecule has 9 heteroatoms. The Kier molecular flexibility index (Phi) is 12.8. The SMILES string of the molecule is CCC=N.CCN(C)CCNc1ccccc1CNC(=O)c1cc2c(NC3CCCOCC3)cc(=O)[nH]c2cc1C. The lowest BCUT2D eigenvalue weighted by atomic mass is 10.0. The molecule has 0 radical (unpaired) electrons. The van der Waals surface area contributed by atoms with Crippen LogP contribution in [0.25, 0.3) is 10.9 Å². The van der Waals surface area contributed by atoms with Crippen LogP contribution in [0.2, 0.25) is 0 Å². The molecule has 0 bridgehead atoms. The summed E-state index contributed by atoms with van der Waals surface area (Å²) < 4.78 is 5.58. The topological polar surface area (TPSA) is 122 Å². The third-order valence-corrected chi connectivity index (χ3v) is 7.25. The molecular formula is C32H46N6O3. The Morgan fingerprint density at radius 1 is 1.15 bits per heavy atom. The van der Waals surface area contributed by atoms with Crippen molar-refractivity contribution in [1.82, 2.24) is 15.2 Å². The van der Waals surface area contributed by atoms with Gasteiger partial charge in [0, 0.05) is 67.3 Å². The van der Waals surface area contributed by atoms with Crippen LogP contribution in [0, 0.1) is 12.3 Å². The maximum absolute atomic E-state index is 13.3. The summed E-state index contributed by atoms with van der Waals surface area (Å²) in [6.45, 7) is 10.7. The van der Waals surface area contributed by atoms with E-state index in [0.29, 0.717) is 18.7 Å². The predicted molar refractivity (Wildman–Crippen MR) is 170 cm³/mol. The van der Waals surface area contributed by atoms with Gasteiger partial charge >= 0.3 is 0 Å². The molecule has 1 saturated heterocycles.